The molecule has 0 spiro atoms. The van der Waals surface area contributed by atoms with E-state index in [1.807, 2.05) is 38.1 Å². The van der Waals surface area contributed by atoms with Gasteiger partial charge in [-0.05, 0) is 80.6 Å². The zero-order valence-electron chi connectivity index (χ0n) is 15.7. The van der Waals surface area contributed by atoms with Crippen molar-refractivity contribution in [3.8, 4) is 11.5 Å². The summed E-state index contributed by atoms with van der Waals surface area (Å²) < 4.78 is 5.71. The Labute approximate surface area is 158 Å². The molecule has 0 saturated heterocycles. The summed E-state index contributed by atoms with van der Waals surface area (Å²) in [4.78, 5) is 12.6. The van der Waals surface area contributed by atoms with Crippen molar-refractivity contribution in [2.45, 2.75) is 39.8 Å². The number of ketones is 1. The molecule has 0 N–H and O–H groups in total. The largest absolute Gasteiger partial charge is 0.411 e. The fourth-order valence-corrected chi connectivity index (χ4v) is 3.37. The van der Waals surface area contributed by atoms with Gasteiger partial charge in [-0.1, -0.05) is 23.9 Å². The van der Waals surface area contributed by atoms with Crippen molar-refractivity contribution in [2.75, 3.05) is 5.75 Å². The lowest BCUT2D eigenvalue weighted by Gasteiger charge is -2.08. The second-order valence-electron chi connectivity index (χ2n) is 6.64. The van der Waals surface area contributed by atoms with Gasteiger partial charge in [0.25, 0.3) is 5.22 Å². The number of hydrogen-bond donors (Lipinski definition) is 0. The van der Waals surface area contributed by atoms with E-state index in [1.165, 1.54) is 28.5 Å². The van der Waals surface area contributed by atoms with Crippen LogP contribution in [0.25, 0.3) is 11.5 Å². The first-order chi connectivity index (χ1) is 12.3. The highest BCUT2D eigenvalue weighted by Gasteiger charge is 2.15. The van der Waals surface area contributed by atoms with Gasteiger partial charge in [0, 0.05) is 11.1 Å². The van der Waals surface area contributed by atoms with Crippen LogP contribution >= 0.6 is 11.8 Å². The van der Waals surface area contributed by atoms with E-state index in [0.717, 1.165) is 22.3 Å². The summed E-state index contributed by atoms with van der Waals surface area (Å²) in [5, 5.41) is 8.57. The number of benzene rings is 2. The molecule has 3 rings (SSSR count). The molecule has 0 radical (unpaired) electrons. The lowest BCUT2D eigenvalue weighted by molar-refractivity contribution is 0.102. The Morgan fingerprint density at radius 3 is 2.31 bits per heavy atom. The van der Waals surface area contributed by atoms with Gasteiger partial charge in [-0.2, -0.15) is 0 Å². The number of rotatable bonds is 5. The van der Waals surface area contributed by atoms with Gasteiger partial charge < -0.3 is 4.42 Å². The fraction of sp³-hybridized carbons (Fsp3) is 0.286. The molecule has 2 aromatic carbocycles. The minimum absolute atomic E-state index is 0.0709. The molecule has 0 amide bonds. The number of nitrogens with zero attached hydrogens (tertiary/aromatic N) is 2. The van der Waals surface area contributed by atoms with Crippen molar-refractivity contribution < 1.29 is 9.21 Å². The third kappa shape index (κ3) is 3.88. The van der Waals surface area contributed by atoms with Crippen molar-refractivity contribution >= 4 is 17.5 Å². The van der Waals surface area contributed by atoms with Crippen molar-refractivity contribution in [1.82, 2.24) is 10.2 Å². The molecular formula is C21H22N2O2S. The summed E-state index contributed by atoms with van der Waals surface area (Å²) >= 11 is 1.28. The number of carbonyl (C=O) groups is 1. The SMILES string of the molecule is Cc1ccc(-c2nnc(SCC(=O)c3cc(C)c(C)cc3C)o2)cc1C. The normalized spacial score (nSPS) is 11.0. The van der Waals surface area contributed by atoms with Gasteiger partial charge in [0.1, 0.15) is 0 Å². The second-order valence-corrected chi connectivity index (χ2v) is 7.56. The standard InChI is InChI=1S/C21H22N2O2S/c1-12-6-7-17(9-14(12)3)20-22-23-21(25-20)26-11-19(24)18-10-15(4)13(2)8-16(18)5/h6-10H,11H2,1-5H3. The minimum atomic E-state index is 0.0709. The van der Waals surface area contributed by atoms with E-state index < -0.39 is 0 Å². The van der Waals surface area contributed by atoms with Gasteiger partial charge >= 0.3 is 0 Å². The molecule has 26 heavy (non-hydrogen) atoms. The van der Waals surface area contributed by atoms with Gasteiger partial charge in [0.15, 0.2) is 5.78 Å². The quantitative estimate of drug-likeness (QED) is 0.456. The number of aromatic nitrogens is 2. The molecule has 0 atom stereocenters. The predicted molar refractivity (Wildman–Crippen MR) is 105 cm³/mol. The van der Waals surface area contributed by atoms with E-state index in [1.54, 1.807) is 0 Å². The summed E-state index contributed by atoms with van der Waals surface area (Å²) in [5.41, 5.74) is 7.37. The average molecular weight is 366 g/mol. The van der Waals surface area contributed by atoms with Gasteiger partial charge in [0.05, 0.1) is 5.75 Å². The second kappa shape index (κ2) is 7.46. The Morgan fingerprint density at radius 1 is 0.885 bits per heavy atom. The van der Waals surface area contributed by atoms with Crippen molar-refractivity contribution in [3.63, 3.8) is 0 Å². The Kier molecular flexibility index (Phi) is 5.28. The van der Waals surface area contributed by atoms with Crippen LogP contribution in [0, 0.1) is 34.6 Å². The molecule has 5 heteroatoms. The topological polar surface area (TPSA) is 56.0 Å². The number of aryl methyl sites for hydroxylation is 5. The van der Waals surface area contributed by atoms with Crippen LogP contribution in [-0.4, -0.2) is 21.7 Å². The number of carbonyl (C=O) groups excluding carboxylic acids is 1. The zero-order valence-corrected chi connectivity index (χ0v) is 16.5. The van der Waals surface area contributed by atoms with E-state index in [4.69, 9.17) is 4.42 Å². The third-order valence-corrected chi connectivity index (χ3v) is 5.45. The Hall–Kier alpha value is -2.40. The molecule has 3 aromatic rings. The first-order valence-corrected chi connectivity index (χ1v) is 9.48. The molecule has 0 bridgehead atoms. The monoisotopic (exact) mass is 366 g/mol. The summed E-state index contributed by atoms with van der Waals surface area (Å²) in [7, 11) is 0. The van der Waals surface area contributed by atoms with Crippen LogP contribution in [0.1, 0.15) is 38.2 Å². The number of hydrogen-bond acceptors (Lipinski definition) is 5. The molecule has 134 valence electrons. The van der Waals surface area contributed by atoms with Crippen LogP contribution in [0.15, 0.2) is 40.0 Å². The van der Waals surface area contributed by atoms with Gasteiger partial charge in [0.2, 0.25) is 5.89 Å². The van der Waals surface area contributed by atoms with Crippen molar-refractivity contribution in [3.05, 3.63) is 63.7 Å². The van der Waals surface area contributed by atoms with Crippen molar-refractivity contribution in [1.29, 1.82) is 0 Å². The molecular weight excluding hydrogens is 344 g/mol. The van der Waals surface area contributed by atoms with Crippen LogP contribution in [-0.2, 0) is 0 Å². The van der Waals surface area contributed by atoms with Crippen LogP contribution in [0.3, 0.4) is 0 Å². The summed E-state index contributed by atoms with van der Waals surface area (Å²) in [5.74, 6) is 0.824. The Balaban J connectivity index is 1.71. The highest BCUT2D eigenvalue weighted by atomic mass is 32.2. The van der Waals surface area contributed by atoms with E-state index in [9.17, 15) is 4.79 Å². The lowest BCUT2D eigenvalue weighted by Crippen LogP contribution is -2.06. The third-order valence-electron chi connectivity index (χ3n) is 4.63. The number of Topliss-reactive ketones (excluding diaryl/α,β-unsaturated/α-hetero) is 1. The van der Waals surface area contributed by atoms with E-state index in [-0.39, 0.29) is 11.5 Å². The van der Waals surface area contributed by atoms with E-state index in [2.05, 4.69) is 37.0 Å². The molecule has 0 unspecified atom stereocenters. The van der Waals surface area contributed by atoms with E-state index >= 15 is 0 Å². The smallest absolute Gasteiger partial charge is 0.277 e. The molecule has 0 aliphatic heterocycles. The first kappa shape index (κ1) is 18.4. The fourth-order valence-electron chi connectivity index (χ4n) is 2.73. The van der Waals surface area contributed by atoms with Gasteiger partial charge in [-0.3, -0.25) is 4.79 Å². The summed E-state index contributed by atoms with van der Waals surface area (Å²) in [6.07, 6.45) is 0. The highest BCUT2D eigenvalue weighted by Crippen LogP contribution is 2.26. The highest BCUT2D eigenvalue weighted by molar-refractivity contribution is 7.99. The maximum absolute atomic E-state index is 12.6. The molecule has 0 fully saturated rings. The lowest BCUT2D eigenvalue weighted by atomic mass is 9.99. The molecule has 1 heterocycles. The summed E-state index contributed by atoms with van der Waals surface area (Å²) in [6.45, 7) is 10.2. The van der Waals surface area contributed by atoms with Crippen LogP contribution < -0.4 is 0 Å². The Morgan fingerprint density at radius 2 is 1.58 bits per heavy atom. The van der Waals surface area contributed by atoms with Crippen LogP contribution in [0.4, 0.5) is 0 Å². The molecule has 0 saturated carbocycles. The zero-order chi connectivity index (χ0) is 18.8. The predicted octanol–water partition coefficient (Wildman–Crippen LogP) is 5.25. The van der Waals surface area contributed by atoms with Crippen LogP contribution in [0.5, 0.6) is 0 Å². The number of thioether (sulfide) groups is 1. The molecule has 0 aliphatic rings. The maximum Gasteiger partial charge on any atom is 0.277 e. The van der Waals surface area contributed by atoms with E-state index in [0.29, 0.717) is 11.1 Å². The van der Waals surface area contributed by atoms with Gasteiger partial charge in [-0.15, -0.1) is 10.2 Å². The summed E-state index contributed by atoms with van der Waals surface area (Å²) in [6, 6.07) is 10.0. The first-order valence-electron chi connectivity index (χ1n) is 8.50. The maximum atomic E-state index is 12.6. The van der Waals surface area contributed by atoms with Crippen LogP contribution in [0.2, 0.25) is 0 Å². The average Bonchev–Trinajstić information content (AvgIpc) is 3.07. The van der Waals surface area contributed by atoms with Crippen molar-refractivity contribution in [2.24, 2.45) is 0 Å². The molecule has 4 nitrogen and oxygen atoms in total. The van der Waals surface area contributed by atoms with Gasteiger partial charge in [-0.25, -0.2) is 0 Å². The molecule has 1 aromatic heterocycles. The minimum Gasteiger partial charge on any atom is -0.411 e. The Bertz CT molecular complexity index is 976. The molecule has 0 aliphatic carbocycles.